The minimum Gasteiger partial charge on any atom is -0.357 e. The van der Waals surface area contributed by atoms with Gasteiger partial charge in [-0.25, -0.2) is 9.38 Å². The lowest BCUT2D eigenvalue weighted by Gasteiger charge is -2.33. The minimum atomic E-state index is -0.386. The second-order valence-corrected chi connectivity index (χ2v) is 6.77. The summed E-state index contributed by atoms with van der Waals surface area (Å²) in [5.74, 6) is 0.311. The standard InChI is InChI=1S/C20H30FN5.HI/c1-3-23-20(24-10-6-12-26-11-5-4-7-16(26)2)25-15-18-9-8-17(14-22)13-19(18)21;/h8-9,13,16H,3-7,10-12,15H2,1-2H3,(H2,23,24,25);1H. The zero-order valence-corrected chi connectivity index (χ0v) is 18.6. The summed E-state index contributed by atoms with van der Waals surface area (Å²) in [7, 11) is 0. The van der Waals surface area contributed by atoms with Crippen LogP contribution in [0.5, 0.6) is 0 Å². The summed E-state index contributed by atoms with van der Waals surface area (Å²) in [6, 6.07) is 7.12. The predicted octanol–water partition coefficient (Wildman–Crippen LogP) is 3.63. The number of rotatable bonds is 7. The molecule has 1 aliphatic heterocycles. The molecule has 0 aliphatic carbocycles. The Hall–Kier alpha value is -1.40. The van der Waals surface area contributed by atoms with E-state index in [2.05, 4.69) is 27.4 Å². The molecular weight excluding hydrogens is 456 g/mol. The van der Waals surface area contributed by atoms with Crippen molar-refractivity contribution in [1.29, 1.82) is 5.26 Å². The Kier molecular flexibility index (Phi) is 11.3. The van der Waals surface area contributed by atoms with Gasteiger partial charge in [-0.1, -0.05) is 12.5 Å². The minimum absolute atomic E-state index is 0. The molecule has 1 aromatic rings. The van der Waals surface area contributed by atoms with Crippen molar-refractivity contribution in [1.82, 2.24) is 15.5 Å². The maximum Gasteiger partial charge on any atom is 0.191 e. The number of halogens is 2. The molecule has 2 N–H and O–H groups in total. The molecule has 1 heterocycles. The molecular formula is C20H31FIN5. The Bertz CT molecular complexity index is 644. The zero-order chi connectivity index (χ0) is 18.8. The average Bonchev–Trinajstić information content (AvgIpc) is 2.65. The van der Waals surface area contributed by atoms with Gasteiger partial charge in [0.25, 0.3) is 0 Å². The van der Waals surface area contributed by atoms with E-state index >= 15 is 0 Å². The highest BCUT2D eigenvalue weighted by atomic mass is 127. The third kappa shape index (κ3) is 8.01. The Morgan fingerprint density at radius 1 is 1.37 bits per heavy atom. The molecule has 7 heteroatoms. The number of nitriles is 1. The van der Waals surface area contributed by atoms with Crippen LogP contribution >= 0.6 is 24.0 Å². The van der Waals surface area contributed by atoms with E-state index in [1.54, 1.807) is 12.1 Å². The monoisotopic (exact) mass is 487 g/mol. The third-order valence-electron chi connectivity index (χ3n) is 4.79. The number of hydrogen-bond acceptors (Lipinski definition) is 3. The molecule has 27 heavy (non-hydrogen) atoms. The Labute approximate surface area is 179 Å². The van der Waals surface area contributed by atoms with E-state index in [-0.39, 0.29) is 36.3 Å². The summed E-state index contributed by atoms with van der Waals surface area (Å²) < 4.78 is 14.0. The summed E-state index contributed by atoms with van der Waals surface area (Å²) in [5, 5.41) is 15.3. The van der Waals surface area contributed by atoms with Gasteiger partial charge in [0.1, 0.15) is 5.82 Å². The molecule has 1 aliphatic rings. The summed E-state index contributed by atoms with van der Waals surface area (Å²) in [4.78, 5) is 7.01. The SMILES string of the molecule is CCNC(=NCc1ccc(C#N)cc1F)NCCCN1CCCCC1C.I. The molecule has 1 fully saturated rings. The average molecular weight is 487 g/mol. The Balaban J connectivity index is 0.00000364. The third-order valence-corrected chi connectivity index (χ3v) is 4.79. The van der Waals surface area contributed by atoms with Crippen molar-refractivity contribution in [2.45, 2.75) is 52.1 Å². The molecule has 0 saturated carbocycles. The lowest BCUT2D eigenvalue weighted by atomic mass is 10.0. The fraction of sp³-hybridized carbons (Fsp3) is 0.600. The van der Waals surface area contributed by atoms with Crippen LogP contribution in [0.15, 0.2) is 23.2 Å². The smallest absolute Gasteiger partial charge is 0.191 e. The highest BCUT2D eigenvalue weighted by Gasteiger charge is 2.17. The van der Waals surface area contributed by atoms with Gasteiger partial charge >= 0.3 is 0 Å². The van der Waals surface area contributed by atoms with Crippen LogP contribution in [0.3, 0.4) is 0 Å². The largest absolute Gasteiger partial charge is 0.357 e. The maximum absolute atomic E-state index is 14.0. The highest BCUT2D eigenvalue weighted by Crippen LogP contribution is 2.16. The first-order chi connectivity index (χ1) is 12.6. The topological polar surface area (TPSA) is 63.5 Å². The Morgan fingerprint density at radius 2 is 2.19 bits per heavy atom. The van der Waals surface area contributed by atoms with Gasteiger partial charge in [0.2, 0.25) is 0 Å². The van der Waals surface area contributed by atoms with Crippen LogP contribution in [-0.2, 0) is 6.54 Å². The lowest BCUT2D eigenvalue weighted by Crippen LogP contribution is -2.41. The van der Waals surface area contributed by atoms with Gasteiger partial charge in [-0.3, -0.25) is 0 Å². The fourth-order valence-electron chi connectivity index (χ4n) is 3.23. The van der Waals surface area contributed by atoms with Crippen LogP contribution in [0.1, 0.15) is 50.7 Å². The van der Waals surface area contributed by atoms with Gasteiger partial charge in [0.05, 0.1) is 18.2 Å². The molecule has 2 rings (SSSR count). The number of benzene rings is 1. The molecule has 0 radical (unpaired) electrons. The molecule has 5 nitrogen and oxygen atoms in total. The van der Waals surface area contributed by atoms with Gasteiger partial charge in [0.15, 0.2) is 5.96 Å². The van der Waals surface area contributed by atoms with Crippen LogP contribution in [0.25, 0.3) is 0 Å². The molecule has 1 saturated heterocycles. The van der Waals surface area contributed by atoms with Crippen molar-refractivity contribution >= 4 is 29.9 Å². The molecule has 1 unspecified atom stereocenters. The van der Waals surface area contributed by atoms with Crippen molar-refractivity contribution in [3.63, 3.8) is 0 Å². The van der Waals surface area contributed by atoms with E-state index < -0.39 is 0 Å². The zero-order valence-electron chi connectivity index (χ0n) is 16.3. The first-order valence-corrected chi connectivity index (χ1v) is 9.58. The first-order valence-electron chi connectivity index (χ1n) is 9.58. The molecule has 0 aromatic heterocycles. The number of guanidine groups is 1. The van der Waals surface area contributed by atoms with Crippen molar-refractivity contribution in [3.8, 4) is 6.07 Å². The quantitative estimate of drug-likeness (QED) is 0.267. The van der Waals surface area contributed by atoms with Gasteiger partial charge in [-0.15, -0.1) is 24.0 Å². The Morgan fingerprint density at radius 3 is 2.85 bits per heavy atom. The van der Waals surface area contributed by atoms with Gasteiger partial charge in [0, 0.05) is 31.2 Å². The van der Waals surface area contributed by atoms with Crippen LogP contribution < -0.4 is 10.6 Å². The van der Waals surface area contributed by atoms with Crippen LogP contribution in [-0.4, -0.2) is 43.1 Å². The number of nitrogens with one attached hydrogen (secondary N) is 2. The first kappa shape index (κ1) is 23.6. The molecule has 0 bridgehead atoms. The van der Waals surface area contributed by atoms with E-state index in [4.69, 9.17) is 5.26 Å². The number of aliphatic imine (C=N–C) groups is 1. The molecule has 0 spiro atoms. The fourth-order valence-corrected chi connectivity index (χ4v) is 3.23. The number of hydrogen-bond donors (Lipinski definition) is 2. The molecule has 1 atom stereocenters. The maximum atomic E-state index is 14.0. The number of piperidine rings is 1. The van der Waals surface area contributed by atoms with Crippen molar-refractivity contribution in [3.05, 3.63) is 35.1 Å². The summed E-state index contributed by atoms with van der Waals surface area (Å²) >= 11 is 0. The normalized spacial score (nSPS) is 17.7. The van der Waals surface area contributed by atoms with Crippen molar-refractivity contribution in [2.24, 2.45) is 4.99 Å². The van der Waals surface area contributed by atoms with Crippen molar-refractivity contribution in [2.75, 3.05) is 26.2 Å². The van der Waals surface area contributed by atoms with Gasteiger partial charge < -0.3 is 15.5 Å². The predicted molar refractivity (Wildman–Crippen MR) is 119 cm³/mol. The highest BCUT2D eigenvalue weighted by molar-refractivity contribution is 14.0. The van der Waals surface area contributed by atoms with Gasteiger partial charge in [-0.2, -0.15) is 5.26 Å². The van der Waals surface area contributed by atoms with Crippen LogP contribution in [0.2, 0.25) is 0 Å². The van der Waals surface area contributed by atoms with E-state index in [9.17, 15) is 4.39 Å². The van der Waals surface area contributed by atoms with Crippen LogP contribution in [0.4, 0.5) is 4.39 Å². The molecule has 1 aromatic carbocycles. The second-order valence-electron chi connectivity index (χ2n) is 6.77. The van der Waals surface area contributed by atoms with E-state index in [1.807, 2.05) is 13.0 Å². The van der Waals surface area contributed by atoms with E-state index in [1.165, 1.54) is 31.9 Å². The van der Waals surface area contributed by atoms with Crippen molar-refractivity contribution < 1.29 is 4.39 Å². The van der Waals surface area contributed by atoms with E-state index in [0.717, 1.165) is 26.1 Å². The second kappa shape index (κ2) is 12.9. The summed E-state index contributed by atoms with van der Waals surface area (Å²) in [6.45, 7) is 8.45. The number of likely N-dealkylation sites (tertiary alicyclic amines) is 1. The summed E-state index contributed by atoms with van der Waals surface area (Å²) in [6.07, 6.45) is 5.00. The lowest BCUT2D eigenvalue weighted by molar-refractivity contribution is 0.159. The van der Waals surface area contributed by atoms with Gasteiger partial charge in [-0.05, 0) is 51.8 Å². The van der Waals surface area contributed by atoms with Crippen LogP contribution in [0, 0.1) is 17.1 Å². The summed E-state index contributed by atoms with van der Waals surface area (Å²) in [5.41, 5.74) is 0.815. The molecule has 150 valence electrons. The molecule has 0 amide bonds. The number of nitrogens with zero attached hydrogens (tertiary/aromatic N) is 3. The van der Waals surface area contributed by atoms with E-state index in [0.29, 0.717) is 23.1 Å².